The van der Waals surface area contributed by atoms with Crippen molar-refractivity contribution in [1.82, 2.24) is 0 Å². The van der Waals surface area contributed by atoms with E-state index in [-0.39, 0.29) is 9.62 Å². The highest BCUT2D eigenvalue weighted by Gasteiger charge is 2.08. The number of aliphatic hydroxyl groups excluding tert-OH is 1. The molecule has 0 aliphatic rings. The van der Waals surface area contributed by atoms with Gasteiger partial charge in [-0.25, -0.2) is 0 Å². The Morgan fingerprint density at radius 3 is 2.00 bits per heavy atom. The van der Waals surface area contributed by atoms with Gasteiger partial charge in [0.2, 0.25) is 0 Å². The van der Waals surface area contributed by atoms with Crippen molar-refractivity contribution in [2.75, 3.05) is 5.88 Å². The first kappa shape index (κ1) is 8.21. The summed E-state index contributed by atoms with van der Waals surface area (Å²) < 4.78 is -0.0856. The lowest BCUT2D eigenvalue weighted by atomic mass is 10.5. The fourth-order valence-corrected chi connectivity index (χ4v) is 1.05. The average Bonchev–Trinajstić information content (AvgIpc) is 1.65. The zero-order chi connectivity index (χ0) is 5.86. The first-order chi connectivity index (χ1) is 3.18. The van der Waals surface area contributed by atoms with Crippen molar-refractivity contribution >= 4 is 43.5 Å². The van der Waals surface area contributed by atoms with E-state index in [1.165, 1.54) is 0 Å². The molecular formula is C3H5Br2ClO. The molecule has 4 heteroatoms. The minimum atomic E-state index is -0.498. The molecule has 0 fully saturated rings. The maximum atomic E-state index is 8.71. The van der Waals surface area contributed by atoms with E-state index in [9.17, 15) is 0 Å². The molecule has 7 heavy (non-hydrogen) atoms. The summed E-state index contributed by atoms with van der Waals surface area (Å²) in [6, 6.07) is 0. The van der Waals surface area contributed by atoms with Gasteiger partial charge in [0.1, 0.15) is 0 Å². The van der Waals surface area contributed by atoms with Gasteiger partial charge >= 0.3 is 0 Å². The van der Waals surface area contributed by atoms with Gasteiger partial charge in [-0.05, 0) is 0 Å². The molecule has 0 saturated carbocycles. The van der Waals surface area contributed by atoms with Gasteiger partial charge in [-0.15, -0.1) is 11.6 Å². The van der Waals surface area contributed by atoms with Crippen molar-refractivity contribution in [1.29, 1.82) is 0 Å². The largest absolute Gasteiger partial charge is 0.390 e. The van der Waals surface area contributed by atoms with Gasteiger partial charge < -0.3 is 5.11 Å². The van der Waals surface area contributed by atoms with E-state index in [0.717, 1.165) is 0 Å². The summed E-state index contributed by atoms with van der Waals surface area (Å²) in [7, 11) is 0. The van der Waals surface area contributed by atoms with Gasteiger partial charge in [0.25, 0.3) is 0 Å². The van der Waals surface area contributed by atoms with Gasteiger partial charge in [-0.1, -0.05) is 31.9 Å². The summed E-state index contributed by atoms with van der Waals surface area (Å²) in [6.07, 6.45) is -0.498. The fraction of sp³-hybridized carbons (Fsp3) is 1.00. The molecule has 0 saturated heterocycles. The monoisotopic (exact) mass is 250 g/mol. The Bertz CT molecular complexity index is 50.2. The molecule has 0 amide bonds. The number of alkyl halides is 3. The summed E-state index contributed by atoms with van der Waals surface area (Å²) in [6.45, 7) is 0. The lowest BCUT2D eigenvalue weighted by Crippen LogP contribution is -2.15. The quantitative estimate of drug-likeness (QED) is 0.742. The topological polar surface area (TPSA) is 20.2 Å². The third kappa shape index (κ3) is 3.76. The summed E-state index contributed by atoms with van der Waals surface area (Å²) >= 11 is 11.4. The molecule has 1 N–H and O–H groups in total. The van der Waals surface area contributed by atoms with Crippen molar-refractivity contribution in [3.63, 3.8) is 0 Å². The third-order valence-corrected chi connectivity index (χ3v) is 1.99. The predicted octanol–water partition coefficient (Wildman–Crippen LogP) is 1.70. The molecule has 0 aromatic heterocycles. The Labute approximate surface area is 64.3 Å². The number of halogens is 3. The van der Waals surface area contributed by atoms with Crippen molar-refractivity contribution in [2.45, 2.75) is 9.84 Å². The van der Waals surface area contributed by atoms with Crippen LogP contribution in [0, 0.1) is 0 Å². The van der Waals surface area contributed by atoms with Crippen molar-refractivity contribution in [2.24, 2.45) is 0 Å². The van der Waals surface area contributed by atoms with Gasteiger partial charge in [0.05, 0.1) is 15.7 Å². The maximum Gasteiger partial charge on any atom is 0.0967 e. The zero-order valence-corrected chi connectivity index (χ0v) is 7.37. The Morgan fingerprint density at radius 1 is 1.57 bits per heavy atom. The summed E-state index contributed by atoms with van der Waals surface area (Å²) in [5, 5.41) is 8.71. The van der Waals surface area contributed by atoms with Crippen LogP contribution in [0.3, 0.4) is 0 Å². The fourth-order valence-electron chi connectivity index (χ4n) is 0.0673. The molecule has 0 spiro atoms. The maximum absolute atomic E-state index is 8.71. The second-order valence-electron chi connectivity index (χ2n) is 1.06. The van der Waals surface area contributed by atoms with Crippen LogP contribution < -0.4 is 0 Å². The van der Waals surface area contributed by atoms with Crippen molar-refractivity contribution in [3.05, 3.63) is 0 Å². The van der Waals surface area contributed by atoms with Gasteiger partial charge in [0, 0.05) is 0 Å². The predicted molar refractivity (Wildman–Crippen MR) is 38.4 cm³/mol. The van der Waals surface area contributed by atoms with Crippen LogP contribution in [-0.2, 0) is 0 Å². The standard InChI is InChI=1S/C3H5Br2ClO/c4-3(5)2(7)1-6/h2-3,7H,1H2. The van der Waals surface area contributed by atoms with Crippen LogP contribution in [0.25, 0.3) is 0 Å². The van der Waals surface area contributed by atoms with Crippen LogP contribution in [0.1, 0.15) is 0 Å². The van der Waals surface area contributed by atoms with E-state index in [2.05, 4.69) is 31.9 Å². The Hall–Kier alpha value is 1.21. The normalized spacial score (nSPS) is 15.0. The minimum Gasteiger partial charge on any atom is -0.390 e. The van der Waals surface area contributed by atoms with Gasteiger partial charge in [-0.3, -0.25) is 0 Å². The van der Waals surface area contributed by atoms with Crippen molar-refractivity contribution < 1.29 is 5.11 Å². The summed E-state index contributed by atoms with van der Waals surface area (Å²) in [5.74, 6) is 0.251. The second-order valence-corrected chi connectivity index (χ2v) is 4.57. The van der Waals surface area contributed by atoms with E-state index < -0.39 is 6.10 Å². The molecule has 0 aliphatic heterocycles. The zero-order valence-electron chi connectivity index (χ0n) is 3.44. The molecule has 1 nitrogen and oxygen atoms in total. The highest BCUT2D eigenvalue weighted by Crippen LogP contribution is 2.13. The first-order valence-corrected chi connectivity index (χ1v) is 4.07. The highest BCUT2D eigenvalue weighted by molar-refractivity contribution is 9.24. The lowest BCUT2D eigenvalue weighted by Gasteiger charge is -2.04. The molecular weight excluding hydrogens is 247 g/mol. The van der Waals surface area contributed by atoms with Crippen LogP contribution in [0.4, 0.5) is 0 Å². The molecule has 44 valence electrons. The van der Waals surface area contributed by atoms with Crippen LogP contribution in [0.15, 0.2) is 0 Å². The number of rotatable bonds is 2. The number of aliphatic hydroxyl groups is 1. The molecule has 0 aliphatic carbocycles. The van der Waals surface area contributed by atoms with E-state index in [1.807, 2.05) is 0 Å². The lowest BCUT2D eigenvalue weighted by molar-refractivity contribution is 0.219. The molecule has 1 unspecified atom stereocenters. The van der Waals surface area contributed by atoms with Crippen LogP contribution in [0.2, 0.25) is 0 Å². The Morgan fingerprint density at radius 2 is 2.00 bits per heavy atom. The Balaban J connectivity index is 3.14. The molecule has 0 rings (SSSR count). The SMILES string of the molecule is OC(CCl)C(Br)Br. The molecule has 0 aromatic carbocycles. The minimum absolute atomic E-state index is 0.0856. The van der Waals surface area contributed by atoms with Gasteiger partial charge in [0.15, 0.2) is 0 Å². The van der Waals surface area contributed by atoms with E-state index in [1.54, 1.807) is 0 Å². The van der Waals surface area contributed by atoms with Crippen LogP contribution >= 0.6 is 43.5 Å². The van der Waals surface area contributed by atoms with Crippen molar-refractivity contribution in [3.8, 4) is 0 Å². The smallest absolute Gasteiger partial charge is 0.0967 e. The van der Waals surface area contributed by atoms with Crippen LogP contribution in [0.5, 0.6) is 0 Å². The van der Waals surface area contributed by atoms with Crippen LogP contribution in [-0.4, -0.2) is 20.8 Å². The molecule has 0 aromatic rings. The molecule has 0 bridgehead atoms. The summed E-state index contributed by atoms with van der Waals surface area (Å²) in [5.41, 5.74) is 0. The third-order valence-electron chi connectivity index (χ3n) is 0.449. The van der Waals surface area contributed by atoms with E-state index in [4.69, 9.17) is 16.7 Å². The van der Waals surface area contributed by atoms with E-state index >= 15 is 0 Å². The molecule has 0 radical (unpaired) electrons. The Kier molecular flexibility index (Phi) is 4.84. The summed E-state index contributed by atoms with van der Waals surface area (Å²) in [4.78, 5) is 0. The highest BCUT2D eigenvalue weighted by atomic mass is 79.9. The molecule has 0 heterocycles. The first-order valence-electron chi connectivity index (χ1n) is 1.70. The number of hydrogen-bond acceptors (Lipinski definition) is 1. The average molecular weight is 252 g/mol. The molecule has 1 atom stereocenters. The van der Waals surface area contributed by atoms with E-state index in [0.29, 0.717) is 0 Å². The number of hydrogen-bond donors (Lipinski definition) is 1. The second kappa shape index (κ2) is 4.13. The van der Waals surface area contributed by atoms with Gasteiger partial charge in [-0.2, -0.15) is 0 Å².